The highest BCUT2D eigenvalue weighted by Gasteiger charge is 2.27. The molecule has 2 rings (SSSR count). The fourth-order valence-electron chi connectivity index (χ4n) is 2.78. The summed E-state index contributed by atoms with van der Waals surface area (Å²) in [7, 11) is -4.15. The first-order valence-corrected chi connectivity index (χ1v) is 12.9. The van der Waals surface area contributed by atoms with Crippen molar-refractivity contribution in [2.75, 3.05) is 25.2 Å². The van der Waals surface area contributed by atoms with Gasteiger partial charge in [-0.15, -0.1) is 0 Å². The monoisotopic (exact) mass is 468 g/mol. The highest BCUT2D eigenvalue weighted by Crippen LogP contribution is 2.15. The maximum Gasteiger partial charge on any atom is 0.244 e. The van der Waals surface area contributed by atoms with Crippen LogP contribution in [0, 0.1) is 12.7 Å². The molecule has 0 aliphatic heterocycles. The Kier molecular flexibility index (Phi) is 10.3. The van der Waals surface area contributed by atoms with Crippen LogP contribution in [0.25, 0.3) is 0 Å². The van der Waals surface area contributed by atoms with Crippen molar-refractivity contribution in [3.63, 3.8) is 0 Å². The van der Waals surface area contributed by atoms with E-state index in [-0.39, 0.29) is 0 Å². The number of halogens is 1. The summed E-state index contributed by atoms with van der Waals surface area (Å²) in [6.07, 6.45) is 3.60. The van der Waals surface area contributed by atoms with Crippen molar-refractivity contribution in [3.8, 4) is 5.75 Å². The van der Waals surface area contributed by atoms with E-state index < -0.39 is 32.7 Å². The molecule has 9 heteroatoms. The van der Waals surface area contributed by atoms with Crippen molar-refractivity contribution >= 4 is 27.7 Å². The minimum Gasteiger partial charge on any atom is -0.494 e. The molecule has 0 fully saturated rings. The molecule has 0 aliphatic rings. The molecule has 0 aromatic heterocycles. The molecule has 6 nitrogen and oxygen atoms in total. The molecule has 31 heavy (non-hydrogen) atoms. The lowest BCUT2D eigenvalue weighted by molar-refractivity contribution is -0.122. The van der Waals surface area contributed by atoms with Crippen molar-refractivity contribution < 1.29 is 22.3 Å². The number of carbonyl (C=O) groups is 1. The zero-order valence-electron chi connectivity index (χ0n) is 17.8. The van der Waals surface area contributed by atoms with E-state index in [4.69, 9.17) is 4.74 Å². The second-order valence-corrected chi connectivity index (χ2v) is 9.71. The third-order valence-corrected chi connectivity index (χ3v) is 6.66. The van der Waals surface area contributed by atoms with Crippen LogP contribution in [0.3, 0.4) is 0 Å². The minimum absolute atomic E-state index is 0.303. The number of thioether (sulfide) groups is 1. The van der Waals surface area contributed by atoms with Gasteiger partial charge in [-0.05, 0) is 62.5 Å². The fourth-order valence-corrected chi connectivity index (χ4v) is 4.56. The van der Waals surface area contributed by atoms with Crippen molar-refractivity contribution in [2.45, 2.75) is 37.1 Å². The topological polar surface area (TPSA) is 84.5 Å². The van der Waals surface area contributed by atoms with E-state index in [0.29, 0.717) is 31.7 Å². The zero-order valence-corrected chi connectivity index (χ0v) is 19.4. The predicted molar refractivity (Wildman–Crippen MR) is 122 cm³/mol. The van der Waals surface area contributed by atoms with Gasteiger partial charge < -0.3 is 10.1 Å². The Balaban J connectivity index is 1.82. The Bertz CT molecular complexity index is 937. The first-order valence-electron chi connectivity index (χ1n) is 10.1. The van der Waals surface area contributed by atoms with Crippen LogP contribution in [-0.2, 0) is 14.8 Å². The number of ether oxygens (including phenoxy) is 1. The molecule has 0 radical (unpaired) electrons. The summed E-state index contributed by atoms with van der Waals surface area (Å²) >= 11 is 1.50. The Morgan fingerprint density at radius 2 is 1.84 bits per heavy atom. The molecule has 1 amide bonds. The van der Waals surface area contributed by atoms with Crippen molar-refractivity contribution in [3.05, 3.63) is 59.9 Å². The van der Waals surface area contributed by atoms with Gasteiger partial charge in [0.2, 0.25) is 15.9 Å². The molecule has 0 bridgehead atoms. The van der Waals surface area contributed by atoms with E-state index in [2.05, 4.69) is 10.0 Å². The molecule has 170 valence electrons. The van der Waals surface area contributed by atoms with Crippen LogP contribution in [0.1, 0.15) is 24.8 Å². The minimum atomic E-state index is -4.15. The summed E-state index contributed by atoms with van der Waals surface area (Å²) in [5.41, 5.74) is 1.16. The highest BCUT2D eigenvalue weighted by atomic mass is 32.2. The van der Waals surface area contributed by atoms with Gasteiger partial charge in [0.1, 0.15) is 22.5 Å². The van der Waals surface area contributed by atoms with E-state index in [9.17, 15) is 17.6 Å². The van der Waals surface area contributed by atoms with E-state index >= 15 is 0 Å². The Hall–Kier alpha value is -2.10. The van der Waals surface area contributed by atoms with Crippen LogP contribution in [0.4, 0.5) is 4.39 Å². The number of rotatable bonds is 13. The molecule has 2 aromatic carbocycles. The van der Waals surface area contributed by atoms with Crippen LogP contribution in [0.15, 0.2) is 53.4 Å². The van der Waals surface area contributed by atoms with Gasteiger partial charge in [0.15, 0.2) is 0 Å². The average Bonchev–Trinajstić information content (AvgIpc) is 2.74. The summed E-state index contributed by atoms with van der Waals surface area (Å²) < 4.78 is 47.0. The molecule has 0 aliphatic carbocycles. The van der Waals surface area contributed by atoms with E-state index in [1.54, 1.807) is 0 Å². The standard InChI is InChI=1S/C22H29FN2O4S2/c1-17-9-11-18(12-10-17)29-15-6-5-14-24-22(26)20(13-16-30-2)25-31(27,28)21-8-4-3-7-19(21)23/h3-4,7-12,20,25H,5-6,13-16H2,1-2H3,(H,24,26). The first-order chi connectivity index (χ1) is 14.8. The summed E-state index contributed by atoms with van der Waals surface area (Å²) in [5.74, 6) is 0.109. The van der Waals surface area contributed by atoms with E-state index in [1.807, 2.05) is 37.4 Å². The molecule has 0 saturated heterocycles. The van der Waals surface area contributed by atoms with Crippen LogP contribution in [0.5, 0.6) is 5.75 Å². The molecule has 1 atom stereocenters. The van der Waals surface area contributed by atoms with Crippen molar-refractivity contribution in [1.82, 2.24) is 10.0 Å². The lowest BCUT2D eigenvalue weighted by atomic mass is 10.2. The third-order valence-electron chi connectivity index (χ3n) is 4.51. The number of benzene rings is 2. The second kappa shape index (κ2) is 12.7. The van der Waals surface area contributed by atoms with Crippen LogP contribution >= 0.6 is 11.8 Å². The van der Waals surface area contributed by atoms with Gasteiger partial charge in [-0.2, -0.15) is 16.5 Å². The molecule has 1 unspecified atom stereocenters. The normalized spacial score (nSPS) is 12.4. The highest BCUT2D eigenvalue weighted by molar-refractivity contribution is 7.98. The Morgan fingerprint density at radius 1 is 1.13 bits per heavy atom. The molecule has 0 saturated carbocycles. The number of aryl methyl sites for hydroxylation is 1. The number of amides is 1. The molecule has 0 spiro atoms. The number of nitrogens with one attached hydrogen (secondary N) is 2. The number of sulfonamides is 1. The summed E-state index contributed by atoms with van der Waals surface area (Å²) in [6, 6.07) is 11.9. The van der Waals surface area contributed by atoms with Gasteiger partial charge in [0.05, 0.1) is 6.61 Å². The fraction of sp³-hybridized carbons (Fsp3) is 0.409. The van der Waals surface area contributed by atoms with Crippen molar-refractivity contribution in [2.24, 2.45) is 0 Å². The largest absolute Gasteiger partial charge is 0.494 e. The number of hydrogen-bond donors (Lipinski definition) is 2. The van der Waals surface area contributed by atoms with Gasteiger partial charge in [-0.3, -0.25) is 4.79 Å². The molecular formula is C22H29FN2O4S2. The maximum absolute atomic E-state index is 13.9. The number of unbranched alkanes of at least 4 members (excludes halogenated alkanes) is 1. The zero-order chi connectivity index (χ0) is 22.7. The SMILES string of the molecule is CSCCC(NS(=O)(=O)c1ccccc1F)C(=O)NCCCCOc1ccc(C)cc1. The van der Waals surface area contributed by atoms with E-state index in [0.717, 1.165) is 23.8 Å². The Labute approximate surface area is 188 Å². The van der Waals surface area contributed by atoms with Crippen LogP contribution in [0.2, 0.25) is 0 Å². The Morgan fingerprint density at radius 3 is 2.52 bits per heavy atom. The summed E-state index contributed by atoms with van der Waals surface area (Å²) in [5, 5.41) is 2.76. The van der Waals surface area contributed by atoms with Gasteiger partial charge in [-0.1, -0.05) is 29.8 Å². The number of hydrogen-bond acceptors (Lipinski definition) is 5. The lowest BCUT2D eigenvalue weighted by Gasteiger charge is -2.18. The molecule has 2 N–H and O–H groups in total. The van der Waals surface area contributed by atoms with Crippen molar-refractivity contribution in [1.29, 1.82) is 0 Å². The first kappa shape index (κ1) is 25.2. The summed E-state index contributed by atoms with van der Waals surface area (Å²) in [4.78, 5) is 12.1. The smallest absolute Gasteiger partial charge is 0.244 e. The molecule has 0 heterocycles. The number of carbonyl (C=O) groups excluding carboxylic acids is 1. The van der Waals surface area contributed by atoms with Gasteiger partial charge >= 0.3 is 0 Å². The van der Waals surface area contributed by atoms with Gasteiger partial charge in [0, 0.05) is 6.54 Å². The lowest BCUT2D eigenvalue weighted by Crippen LogP contribution is -2.47. The van der Waals surface area contributed by atoms with Crippen LogP contribution < -0.4 is 14.8 Å². The third kappa shape index (κ3) is 8.51. The average molecular weight is 469 g/mol. The van der Waals surface area contributed by atoms with Gasteiger partial charge in [-0.25, -0.2) is 12.8 Å². The molecular weight excluding hydrogens is 439 g/mol. The van der Waals surface area contributed by atoms with E-state index in [1.165, 1.54) is 30.0 Å². The summed E-state index contributed by atoms with van der Waals surface area (Å²) in [6.45, 7) is 2.93. The predicted octanol–water partition coefficient (Wildman–Crippen LogP) is 3.51. The van der Waals surface area contributed by atoms with Gasteiger partial charge in [0.25, 0.3) is 0 Å². The quantitative estimate of drug-likeness (QED) is 0.440. The van der Waals surface area contributed by atoms with Crippen LogP contribution in [-0.4, -0.2) is 45.5 Å². The second-order valence-electron chi connectivity index (χ2n) is 7.05. The molecule has 2 aromatic rings. The maximum atomic E-state index is 13.9.